The van der Waals surface area contributed by atoms with Gasteiger partial charge in [0.2, 0.25) is 5.91 Å². The number of piperidine rings is 2. The number of hydrogen-bond donors (Lipinski definition) is 2. The van der Waals surface area contributed by atoms with E-state index in [1.54, 1.807) is 11.9 Å². The van der Waals surface area contributed by atoms with Crippen LogP contribution in [0.1, 0.15) is 54.9 Å². The molecule has 4 aliphatic heterocycles. The number of likely N-dealkylation sites (N-methyl/N-ethyl adjacent to an activating group) is 1. The molecule has 3 saturated heterocycles. The van der Waals surface area contributed by atoms with Gasteiger partial charge in [0.1, 0.15) is 5.75 Å². The first kappa shape index (κ1) is 41.8. The second kappa shape index (κ2) is 19.5. The monoisotopic (exact) mass is 763 g/mol. The number of nitrogens with one attached hydrogen (secondary N) is 1. The summed E-state index contributed by atoms with van der Waals surface area (Å²) in [5.74, 6) is 0.470. The van der Waals surface area contributed by atoms with Gasteiger partial charge in [-0.2, -0.15) is 0 Å². The number of likely N-dealkylation sites (tertiary alicyclic amines) is 2. The molecule has 0 spiro atoms. The molecule has 0 unspecified atom stereocenters. The van der Waals surface area contributed by atoms with Crippen molar-refractivity contribution in [3.05, 3.63) is 58.7 Å². The quantitative estimate of drug-likeness (QED) is 0.381. The van der Waals surface area contributed by atoms with E-state index < -0.39 is 0 Å². The lowest BCUT2D eigenvalue weighted by atomic mass is 9.95. The molecule has 4 heterocycles. The third kappa shape index (κ3) is 10.9. The number of amides is 5. The van der Waals surface area contributed by atoms with Gasteiger partial charge in [0.25, 0.3) is 5.91 Å². The van der Waals surface area contributed by atoms with E-state index in [9.17, 15) is 24.3 Å². The summed E-state index contributed by atoms with van der Waals surface area (Å²) >= 11 is 0. The smallest absolute Gasteiger partial charge is 0.409 e. The standard InChI is InChI=1S/C25H40N4O4.C16H21N3O3/c1-18-14-21(15-19(2)24(18)31)16-20(3)25(32)29-8-6-22(7-9-29)28-12-10-27(11-13-28)17-23(30)26(4)33-5;1-22-16(21)18-9-7-13(8-10-18)19-11-6-12-4-2-3-5-14(12)17-15(19)20/h14-15,20,22,31H,6-13,16-17H2,1-5H3;2-5,13H,6-11H2,1H3,(H,17,20)/t20-;/m1./s1. The summed E-state index contributed by atoms with van der Waals surface area (Å²) in [5, 5.41) is 14.3. The van der Waals surface area contributed by atoms with Crippen molar-refractivity contribution in [3.8, 4) is 5.75 Å². The van der Waals surface area contributed by atoms with Crippen LogP contribution in [-0.4, -0.2) is 157 Å². The molecule has 0 saturated carbocycles. The fourth-order valence-corrected chi connectivity index (χ4v) is 8.27. The molecule has 5 amide bonds. The third-order valence-electron chi connectivity index (χ3n) is 11.7. The molecule has 4 aliphatic rings. The fourth-order valence-electron chi connectivity index (χ4n) is 8.27. The number of rotatable bonds is 8. The van der Waals surface area contributed by atoms with Gasteiger partial charge < -0.3 is 29.9 Å². The molecule has 2 aromatic carbocycles. The Morgan fingerprint density at radius 1 is 0.873 bits per heavy atom. The minimum atomic E-state index is -0.286. The van der Waals surface area contributed by atoms with E-state index in [2.05, 4.69) is 21.2 Å². The number of carbonyl (C=O) groups is 4. The summed E-state index contributed by atoms with van der Waals surface area (Å²) < 4.78 is 4.75. The van der Waals surface area contributed by atoms with Crippen LogP contribution >= 0.6 is 0 Å². The molecular formula is C41H61N7O7. The highest BCUT2D eigenvalue weighted by atomic mass is 16.7. The van der Waals surface area contributed by atoms with E-state index in [0.717, 1.165) is 93.8 Å². The SMILES string of the molecule is COC(=O)N1CCC(N2CCc3ccccc3NC2=O)CC1.CON(C)C(=O)CN1CCN(C2CCN(C(=O)[C@H](C)Cc3cc(C)c(O)c(C)c3)CC2)CC1. The van der Waals surface area contributed by atoms with Crippen LogP contribution in [0.25, 0.3) is 0 Å². The Balaban J connectivity index is 0.000000228. The number of carbonyl (C=O) groups excluding carboxylic acids is 4. The first-order chi connectivity index (χ1) is 26.4. The van der Waals surface area contributed by atoms with Crippen LogP contribution in [0, 0.1) is 19.8 Å². The molecule has 0 aliphatic carbocycles. The topological polar surface area (TPSA) is 138 Å². The summed E-state index contributed by atoms with van der Waals surface area (Å²) in [6.45, 7) is 13.5. The number of phenols is 1. The van der Waals surface area contributed by atoms with Crippen LogP contribution in [0.5, 0.6) is 5.75 Å². The number of hydrogen-bond acceptors (Lipinski definition) is 9. The Kier molecular flexibility index (Phi) is 14.8. The first-order valence-electron chi connectivity index (χ1n) is 19.7. The van der Waals surface area contributed by atoms with Gasteiger partial charge in [0.05, 0.1) is 20.8 Å². The van der Waals surface area contributed by atoms with Crippen LogP contribution < -0.4 is 5.32 Å². The Morgan fingerprint density at radius 3 is 2.09 bits per heavy atom. The lowest BCUT2D eigenvalue weighted by molar-refractivity contribution is -0.170. The maximum Gasteiger partial charge on any atom is 0.409 e. The number of hydroxylamine groups is 2. The number of anilines is 1. The van der Waals surface area contributed by atoms with Gasteiger partial charge >= 0.3 is 12.1 Å². The van der Waals surface area contributed by atoms with Gasteiger partial charge in [-0.1, -0.05) is 37.3 Å². The summed E-state index contributed by atoms with van der Waals surface area (Å²) in [7, 11) is 4.54. The van der Waals surface area contributed by atoms with Gasteiger partial charge in [-0.25, -0.2) is 14.7 Å². The largest absolute Gasteiger partial charge is 0.507 e. The van der Waals surface area contributed by atoms with Crippen molar-refractivity contribution < 1.29 is 33.9 Å². The van der Waals surface area contributed by atoms with Crippen molar-refractivity contribution in [3.63, 3.8) is 0 Å². The van der Waals surface area contributed by atoms with Crippen molar-refractivity contribution in [1.29, 1.82) is 0 Å². The molecule has 55 heavy (non-hydrogen) atoms. The van der Waals surface area contributed by atoms with Gasteiger partial charge in [0.15, 0.2) is 0 Å². The minimum Gasteiger partial charge on any atom is -0.507 e. The zero-order chi connectivity index (χ0) is 39.6. The second-order valence-electron chi connectivity index (χ2n) is 15.3. The Labute approximate surface area is 326 Å². The average molecular weight is 764 g/mol. The molecule has 0 bridgehead atoms. The Morgan fingerprint density at radius 2 is 1.47 bits per heavy atom. The first-order valence-corrected chi connectivity index (χ1v) is 19.7. The number of para-hydroxylation sites is 1. The van der Waals surface area contributed by atoms with E-state index in [4.69, 9.17) is 9.57 Å². The Bertz CT molecular complexity index is 1610. The highest BCUT2D eigenvalue weighted by Gasteiger charge is 2.33. The molecule has 0 radical (unpaired) electrons. The lowest BCUT2D eigenvalue weighted by Crippen LogP contribution is -2.55. The summed E-state index contributed by atoms with van der Waals surface area (Å²) in [5.41, 5.74) is 4.90. The maximum absolute atomic E-state index is 13.1. The molecule has 302 valence electrons. The molecule has 2 aromatic rings. The van der Waals surface area contributed by atoms with E-state index in [-0.39, 0.29) is 35.9 Å². The van der Waals surface area contributed by atoms with E-state index >= 15 is 0 Å². The van der Waals surface area contributed by atoms with Crippen molar-refractivity contribution in [2.45, 2.75) is 71.4 Å². The third-order valence-corrected chi connectivity index (χ3v) is 11.7. The minimum absolute atomic E-state index is 0.0236. The predicted molar refractivity (Wildman–Crippen MR) is 211 cm³/mol. The number of fused-ring (bicyclic) bond motifs is 1. The summed E-state index contributed by atoms with van der Waals surface area (Å²) in [4.78, 5) is 64.4. The number of urea groups is 1. The zero-order valence-corrected chi connectivity index (χ0v) is 33.6. The van der Waals surface area contributed by atoms with Gasteiger partial charge in [-0.3, -0.25) is 24.2 Å². The highest BCUT2D eigenvalue weighted by molar-refractivity contribution is 5.91. The number of aryl methyl sites for hydroxylation is 2. The molecule has 14 nitrogen and oxygen atoms in total. The molecule has 3 fully saturated rings. The number of nitrogens with zero attached hydrogens (tertiary/aromatic N) is 6. The van der Waals surface area contributed by atoms with Crippen molar-refractivity contribution in [2.24, 2.45) is 5.92 Å². The number of ether oxygens (including phenoxy) is 1. The average Bonchev–Trinajstić information content (AvgIpc) is 3.37. The molecule has 14 heteroatoms. The van der Waals surface area contributed by atoms with Crippen molar-refractivity contribution in [2.75, 3.05) is 92.0 Å². The van der Waals surface area contributed by atoms with E-state index in [1.165, 1.54) is 24.8 Å². The molecule has 1 atom stereocenters. The zero-order valence-electron chi connectivity index (χ0n) is 33.6. The predicted octanol–water partition coefficient (Wildman–Crippen LogP) is 4.12. The number of piperazine rings is 1. The van der Waals surface area contributed by atoms with Gasteiger partial charge in [-0.15, -0.1) is 0 Å². The highest BCUT2D eigenvalue weighted by Crippen LogP contribution is 2.27. The maximum atomic E-state index is 13.1. The molecule has 6 rings (SSSR count). The van der Waals surface area contributed by atoms with Gasteiger partial charge in [-0.05, 0) is 80.7 Å². The molecular weight excluding hydrogens is 702 g/mol. The lowest BCUT2D eigenvalue weighted by Gasteiger charge is -2.43. The number of phenolic OH excluding ortho intramolecular Hbond substituents is 1. The normalized spacial score (nSPS) is 19.4. The second-order valence-corrected chi connectivity index (χ2v) is 15.3. The van der Waals surface area contributed by atoms with Crippen LogP contribution in [0.4, 0.5) is 15.3 Å². The van der Waals surface area contributed by atoms with Crippen molar-refractivity contribution in [1.82, 2.24) is 29.6 Å². The van der Waals surface area contributed by atoms with Crippen LogP contribution in [0.3, 0.4) is 0 Å². The number of benzene rings is 2. The Hall–Kier alpha value is -4.40. The van der Waals surface area contributed by atoms with E-state index in [1.807, 2.05) is 60.9 Å². The molecule has 0 aromatic heterocycles. The van der Waals surface area contributed by atoms with E-state index in [0.29, 0.717) is 44.4 Å². The van der Waals surface area contributed by atoms with Crippen LogP contribution in [0.15, 0.2) is 36.4 Å². The molecule has 2 N–H and O–H groups in total. The van der Waals surface area contributed by atoms with Crippen LogP contribution in [0.2, 0.25) is 0 Å². The van der Waals surface area contributed by atoms with Crippen molar-refractivity contribution >= 4 is 29.6 Å². The fraction of sp³-hybridized carbons (Fsp3) is 0.610. The summed E-state index contributed by atoms with van der Waals surface area (Å²) in [6, 6.07) is 12.5. The number of methoxy groups -OCH3 is 1. The number of aromatic hydroxyl groups is 1. The summed E-state index contributed by atoms with van der Waals surface area (Å²) in [6.07, 6.45) is 4.84. The van der Waals surface area contributed by atoms with Gasteiger partial charge in [0, 0.05) is 89.6 Å². The van der Waals surface area contributed by atoms with Crippen LogP contribution in [-0.2, 0) is 32.0 Å².